The summed E-state index contributed by atoms with van der Waals surface area (Å²) in [6.07, 6.45) is 1.63. The molecule has 5 N–H and O–H groups in total. The number of hydrogen-bond donors (Lipinski definition) is 3. The van der Waals surface area contributed by atoms with Gasteiger partial charge in [0.15, 0.2) is 11.6 Å². The highest BCUT2D eigenvalue weighted by Crippen LogP contribution is 2.30. The fourth-order valence-corrected chi connectivity index (χ4v) is 2.70. The molecular formula is C19H19FN6O. The number of hydrogen-bond acceptors (Lipinski definition) is 6. The fraction of sp³-hybridized carbons (Fsp3) is 0.158. The van der Waals surface area contributed by atoms with Crippen LogP contribution in [0, 0.1) is 12.7 Å². The molecule has 0 saturated carbocycles. The number of amidine groups is 1. The Hall–Kier alpha value is -3.55. The quantitative estimate of drug-likeness (QED) is 0.482. The third kappa shape index (κ3) is 3.69. The zero-order valence-corrected chi connectivity index (χ0v) is 14.9. The predicted octanol–water partition coefficient (Wildman–Crippen LogP) is 2.87. The van der Waals surface area contributed by atoms with Crippen molar-refractivity contribution < 1.29 is 9.50 Å². The molecule has 2 heterocycles. The molecule has 0 amide bonds. The van der Waals surface area contributed by atoms with E-state index < -0.39 is 5.82 Å². The molecule has 0 fully saturated rings. The second-order valence-electron chi connectivity index (χ2n) is 5.89. The van der Waals surface area contributed by atoms with Gasteiger partial charge in [-0.3, -0.25) is 0 Å². The highest BCUT2D eigenvalue weighted by atomic mass is 19.1. The first kappa shape index (κ1) is 18.2. The van der Waals surface area contributed by atoms with Crippen LogP contribution >= 0.6 is 0 Å². The number of nitrogen functional groups attached to an aromatic ring is 1. The van der Waals surface area contributed by atoms with Crippen molar-refractivity contribution in [3.05, 3.63) is 59.2 Å². The van der Waals surface area contributed by atoms with Gasteiger partial charge in [0.25, 0.3) is 0 Å². The van der Waals surface area contributed by atoms with E-state index in [-0.39, 0.29) is 23.0 Å². The minimum absolute atomic E-state index is 0.00414. The van der Waals surface area contributed by atoms with Gasteiger partial charge in [0, 0.05) is 11.3 Å². The van der Waals surface area contributed by atoms with Gasteiger partial charge < -0.3 is 16.6 Å². The summed E-state index contributed by atoms with van der Waals surface area (Å²) in [5, 5.41) is 10.1. The maximum atomic E-state index is 13.5. The summed E-state index contributed by atoms with van der Waals surface area (Å²) in [7, 11) is 0. The highest BCUT2D eigenvalue weighted by Gasteiger charge is 2.15. The normalized spacial score (nSPS) is 11.6. The first-order valence-electron chi connectivity index (χ1n) is 8.32. The minimum Gasteiger partial charge on any atom is -0.507 e. The lowest BCUT2D eigenvalue weighted by Crippen LogP contribution is -2.17. The first-order chi connectivity index (χ1) is 12.9. The van der Waals surface area contributed by atoms with Gasteiger partial charge in [-0.05, 0) is 31.5 Å². The van der Waals surface area contributed by atoms with Crippen LogP contribution in [-0.2, 0) is 6.42 Å². The number of para-hydroxylation sites is 1. The van der Waals surface area contributed by atoms with Gasteiger partial charge in [0.05, 0.1) is 17.3 Å². The molecule has 1 aromatic carbocycles. The van der Waals surface area contributed by atoms with Crippen LogP contribution in [0.4, 0.5) is 16.0 Å². The summed E-state index contributed by atoms with van der Waals surface area (Å²) in [4.78, 5) is 17.0. The molecule has 0 aliphatic heterocycles. The number of nitrogens with zero attached hydrogens (tertiary/aromatic N) is 4. The molecule has 0 aliphatic carbocycles. The number of aliphatic imine (C=N–C) groups is 1. The number of benzene rings is 1. The Morgan fingerprint density at radius 2 is 2.00 bits per heavy atom. The molecule has 0 atom stereocenters. The van der Waals surface area contributed by atoms with Crippen molar-refractivity contribution in [2.45, 2.75) is 20.3 Å². The van der Waals surface area contributed by atoms with E-state index in [2.05, 4.69) is 19.9 Å². The van der Waals surface area contributed by atoms with Gasteiger partial charge >= 0.3 is 0 Å². The molecule has 0 bridgehead atoms. The zero-order chi connectivity index (χ0) is 19.6. The Labute approximate surface area is 155 Å². The molecule has 0 radical (unpaired) electrons. The summed E-state index contributed by atoms with van der Waals surface area (Å²) >= 11 is 0. The number of aromatic hydroxyl groups is 1. The third-order valence-corrected chi connectivity index (χ3v) is 4.08. The monoisotopic (exact) mass is 366 g/mol. The van der Waals surface area contributed by atoms with Crippen LogP contribution in [0.3, 0.4) is 0 Å². The summed E-state index contributed by atoms with van der Waals surface area (Å²) < 4.78 is 13.5. The number of rotatable bonds is 4. The van der Waals surface area contributed by atoms with Crippen LogP contribution in [0.25, 0.3) is 11.4 Å². The summed E-state index contributed by atoms with van der Waals surface area (Å²) in [6, 6.07) is 7.92. The highest BCUT2D eigenvalue weighted by molar-refractivity contribution is 6.02. The Morgan fingerprint density at radius 1 is 1.26 bits per heavy atom. The Morgan fingerprint density at radius 3 is 2.70 bits per heavy atom. The zero-order valence-electron chi connectivity index (χ0n) is 14.9. The Balaban J connectivity index is 2.17. The number of anilines is 1. The standard InChI is InChI=1S/C19H19FN6O/c1-3-12-10(2)24-19(13-6-4-5-7-15(13)27)26-18(12)25-17(22)14-8-11(20)9-23-16(14)21/h4-9,27H,3H2,1-2H3,(H2,21,23)(H2,22,24,25,26). The topological polar surface area (TPSA) is 123 Å². The van der Waals surface area contributed by atoms with Gasteiger partial charge in [0.1, 0.15) is 23.2 Å². The number of pyridine rings is 1. The molecule has 27 heavy (non-hydrogen) atoms. The SMILES string of the molecule is CCc1c(C)nc(-c2ccccc2O)nc1N=C(N)c1cc(F)cnc1N. The van der Waals surface area contributed by atoms with Crippen LogP contribution < -0.4 is 11.5 Å². The average Bonchev–Trinajstić information content (AvgIpc) is 2.63. The average molecular weight is 366 g/mol. The molecule has 3 aromatic rings. The van der Waals surface area contributed by atoms with E-state index in [9.17, 15) is 9.50 Å². The van der Waals surface area contributed by atoms with E-state index in [0.29, 0.717) is 29.3 Å². The molecule has 0 aliphatic rings. The lowest BCUT2D eigenvalue weighted by molar-refractivity contribution is 0.477. The Kier molecular flexibility index (Phi) is 4.98. The molecule has 138 valence electrons. The molecular weight excluding hydrogens is 347 g/mol. The van der Waals surface area contributed by atoms with Crippen LogP contribution in [0.15, 0.2) is 41.5 Å². The van der Waals surface area contributed by atoms with Crippen molar-refractivity contribution in [1.82, 2.24) is 15.0 Å². The summed E-state index contributed by atoms with van der Waals surface area (Å²) in [5.41, 5.74) is 14.0. The van der Waals surface area contributed by atoms with E-state index in [1.54, 1.807) is 24.3 Å². The van der Waals surface area contributed by atoms with Crippen molar-refractivity contribution in [2.24, 2.45) is 10.7 Å². The Bertz CT molecular complexity index is 1030. The third-order valence-electron chi connectivity index (χ3n) is 4.08. The van der Waals surface area contributed by atoms with Gasteiger partial charge in [-0.25, -0.2) is 24.3 Å². The number of halogens is 1. The van der Waals surface area contributed by atoms with E-state index in [1.165, 1.54) is 6.07 Å². The minimum atomic E-state index is -0.568. The maximum Gasteiger partial charge on any atom is 0.165 e. The van der Waals surface area contributed by atoms with E-state index in [4.69, 9.17) is 11.5 Å². The number of aromatic nitrogens is 3. The predicted molar refractivity (Wildman–Crippen MR) is 102 cm³/mol. The van der Waals surface area contributed by atoms with Gasteiger partial charge in [-0.2, -0.15) is 0 Å². The van der Waals surface area contributed by atoms with Crippen molar-refractivity contribution >= 4 is 17.5 Å². The number of aryl methyl sites for hydroxylation is 1. The van der Waals surface area contributed by atoms with E-state index >= 15 is 0 Å². The second kappa shape index (κ2) is 7.36. The van der Waals surface area contributed by atoms with Crippen molar-refractivity contribution in [3.8, 4) is 17.1 Å². The van der Waals surface area contributed by atoms with E-state index in [0.717, 1.165) is 11.8 Å². The number of phenols is 1. The molecule has 3 rings (SSSR count). The summed E-state index contributed by atoms with van der Waals surface area (Å²) in [5.74, 6) is 0.214. The largest absolute Gasteiger partial charge is 0.507 e. The van der Waals surface area contributed by atoms with Crippen LogP contribution in [0.1, 0.15) is 23.7 Å². The van der Waals surface area contributed by atoms with Gasteiger partial charge in [0.2, 0.25) is 0 Å². The van der Waals surface area contributed by atoms with Crippen LogP contribution in [-0.4, -0.2) is 25.9 Å². The molecule has 7 nitrogen and oxygen atoms in total. The molecule has 2 aromatic heterocycles. The van der Waals surface area contributed by atoms with E-state index in [1.807, 2.05) is 13.8 Å². The molecule has 0 spiro atoms. The van der Waals surface area contributed by atoms with Crippen LogP contribution in [0.5, 0.6) is 5.75 Å². The van der Waals surface area contributed by atoms with Gasteiger partial charge in [-0.15, -0.1) is 0 Å². The maximum absolute atomic E-state index is 13.5. The lowest BCUT2D eigenvalue weighted by atomic mass is 10.1. The lowest BCUT2D eigenvalue weighted by Gasteiger charge is -2.11. The number of phenolic OH excluding ortho intramolecular Hbond substituents is 1. The van der Waals surface area contributed by atoms with Crippen molar-refractivity contribution in [1.29, 1.82) is 0 Å². The number of nitrogens with two attached hydrogens (primary N) is 2. The summed E-state index contributed by atoms with van der Waals surface area (Å²) in [6.45, 7) is 3.77. The smallest absolute Gasteiger partial charge is 0.165 e. The van der Waals surface area contributed by atoms with Gasteiger partial charge in [-0.1, -0.05) is 19.1 Å². The van der Waals surface area contributed by atoms with Crippen molar-refractivity contribution in [2.75, 3.05) is 5.73 Å². The van der Waals surface area contributed by atoms with Crippen LogP contribution in [0.2, 0.25) is 0 Å². The fourth-order valence-electron chi connectivity index (χ4n) is 2.70. The van der Waals surface area contributed by atoms with Crippen molar-refractivity contribution in [3.63, 3.8) is 0 Å². The molecule has 8 heteroatoms. The molecule has 0 unspecified atom stereocenters. The first-order valence-corrected chi connectivity index (χ1v) is 8.32. The molecule has 0 saturated heterocycles. The second-order valence-corrected chi connectivity index (χ2v) is 5.89.